The number of halogens is 2. The fraction of sp³-hybridized carbons (Fsp3) is 0.0714. The smallest absolute Gasteiger partial charge is 0.319 e. The van der Waals surface area contributed by atoms with Crippen LogP contribution in [0.2, 0.25) is 0 Å². The number of urea groups is 1. The van der Waals surface area contributed by atoms with Crippen molar-refractivity contribution in [1.29, 1.82) is 0 Å². The van der Waals surface area contributed by atoms with Crippen molar-refractivity contribution in [3.8, 4) is 0 Å². The van der Waals surface area contributed by atoms with Gasteiger partial charge in [0.2, 0.25) is 0 Å². The maximum absolute atomic E-state index is 12.7. The van der Waals surface area contributed by atoms with Gasteiger partial charge in [0.15, 0.2) is 0 Å². The quantitative estimate of drug-likeness (QED) is 0.875. The van der Waals surface area contributed by atoms with Crippen molar-refractivity contribution < 1.29 is 13.6 Å². The van der Waals surface area contributed by atoms with E-state index in [9.17, 15) is 13.6 Å². The molecular formula is C14H12F2N2O. The van der Waals surface area contributed by atoms with Crippen LogP contribution in [0.5, 0.6) is 0 Å². The second kappa shape index (κ2) is 5.95. The Morgan fingerprint density at radius 3 is 2.00 bits per heavy atom. The zero-order chi connectivity index (χ0) is 13.7. The average molecular weight is 262 g/mol. The molecule has 0 heterocycles. The first-order valence-electron chi connectivity index (χ1n) is 5.68. The lowest BCUT2D eigenvalue weighted by Crippen LogP contribution is -2.28. The van der Waals surface area contributed by atoms with Gasteiger partial charge in [-0.15, -0.1) is 0 Å². The van der Waals surface area contributed by atoms with E-state index in [1.165, 1.54) is 36.4 Å². The molecule has 0 saturated carbocycles. The van der Waals surface area contributed by atoms with Crippen LogP contribution >= 0.6 is 0 Å². The molecule has 0 aliphatic heterocycles. The minimum Gasteiger partial charge on any atom is -0.334 e. The lowest BCUT2D eigenvalue weighted by Gasteiger charge is -2.07. The molecule has 2 aromatic rings. The normalized spacial score (nSPS) is 10.0. The van der Waals surface area contributed by atoms with E-state index in [1.807, 2.05) is 0 Å². The molecule has 19 heavy (non-hydrogen) atoms. The number of hydrogen-bond donors (Lipinski definition) is 2. The summed E-state index contributed by atoms with van der Waals surface area (Å²) in [5.74, 6) is -0.684. The maximum Gasteiger partial charge on any atom is 0.319 e. The third-order valence-electron chi connectivity index (χ3n) is 2.47. The lowest BCUT2D eigenvalue weighted by molar-refractivity contribution is 0.251. The third-order valence-corrected chi connectivity index (χ3v) is 2.47. The molecule has 5 heteroatoms. The van der Waals surface area contributed by atoms with Gasteiger partial charge in [-0.25, -0.2) is 13.6 Å². The summed E-state index contributed by atoms with van der Waals surface area (Å²) in [7, 11) is 0. The van der Waals surface area contributed by atoms with E-state index in [1.54, 1.807) is 12.1 Å². The SMILES string of the molecule is O=C(NCc1ccc(F)cc1)Nc1ccc(F)cc1. The Morgan fingerprint density at radius 2 is 1.42 bits per heavy atom. The van der Waals surface area contributed by atoms with E-state index < -0.39 is 6.03 Å². The van der Waals surface area contributed by atoms with Gasteiger partial charge < -0.3 is 10.6 Å². The van der Waals surface area contributed by atoms with Crippen molar-refractivity contribution in [2.24, 2.45) is 0 Å². The summed E-state index contributed by atoms with van der Waals surface area (Å²) in [6, 6.07) is 10.9. The van der Waals surface area contributed by atoms with E-state index in [0.29, 0.717) is 5.69 Å². The highest BCUT2D eigenvalue weighted by molar-refractivity contribution is 5.89. The highest BCUT2D eigenvalue weighted by Crippen LogP contribution is 2.08. The number of rotatable bonds is 3. The Labute approximate surface area is 109 Å². The van der Waals surface area contributed by atoms with Crippen LogP contribution in [0.15, 0.2) is 48.5 Å². The highest BCUT2D eigenvalue weighted by atomic mass is 19.1. The van der Waals surface area contributed by atoms with Crippen molar-refractivity contribution >= 4 is 11.7 Å². The van der Waals surface area contributed by atoms with Crippen LogP contribution in [0.4, 0.5) is 19.3 Å². The van der Waals surface area contributed by atoms with Gasteiger partial charge in [0.25, 0.3) is 0 Å². The number of amides is 2. The van der Waals surface area contributed by atoms with E-state index in [4.69, 9.17) is 0 Å². The lowest BCUT2D eigenvalue weighted by atomic mass is 10.2. The first kappa shape index (κ1) is 13.0. The minimum absolute atomic E-state index is 0.285. The van der Waals surface area contributed by atoms with Crippen LogP contribution in [0.1, 0.15) is 5.56 Å². The van der Waals surface area contributed by atoms with Crippen molar-refractivity contribution in [3.05, 3.63) is 65.7 Å². The number of anilines is 1. The zero-order valence-electron chi connectivity index (χ0n) is 9.99. The van der Waals surface area contributed by atoms with E-state index in [-0.39, 0.29) is 18.2 Å². The van der Waals surface area contributed by atoms with Crippen molar-refractivity contribution in [1.82, 2.24) is 5.32 Å². The van der Waals surface area contributed by atoms with Crippen molar-refractivity contribution in [2.75, 3.05) is 5.32 Å². The second-order valence-electron chi connectivity index (χ2n) is 3.94. The fourth-order valence-electron chi connectivity index (χ4n) is 1.49. The van der Waals surface area contributed by atoms with Crippen LogP contribution in [-0.2, 0) is 6.54 Å². The van der Waals surface area contributed by atoms with Gasteiger partial charge >= 0.3 is 6.03 Å². The average Bonchev–Trinajstić information content (AvgIpc) is 2.41. The molecule has 3 nitrogen and oxygen atoms in total. The Morgan fingerprint density at radius 1 is 0.895 bits per heavy atom. The second-order valence-corrected chi connectivity index (χ2v) is 3.94. The molecule has 0 radical (unpaired) electrons. The van der Waals surface area contributed by atoms with Gasteiger partial charge in [-0.1, -0.05) is 12.1 Å². The number of carbonyl (C=O) groups excluding carboxylic acids is 1. The van der Waals surface area contributed by atoms with Gasteiger partial charge in [0, 0.05) is 12.2 Å². The van der Waals surface area contributed by atoms with Crippen molar-refractivity contribution in [2.45, 2.75) is 6.54 Å². The molecule has 98 valence electrons. The topological polar surface area (TPSA) is 41.1 Å². The van der Waals surface area contributed by atoms with Gasteiger partial charge in [-0.2, -0.15) is 0 Å². The molecule has 2 N–H and O–H groups in total. The molecule has 2 amide bonds. The number of hydrogen-bond acceptors (Lipinski definition) is 1. The predicted octanol–water partition coefficient (Wildman–Crippen LogP) is 3.29. The summed E-state index contributed by atoms with van der Waals surface area (Å²) in [4.78, 5) is 11.5. The molecule has 0 aliphatic carbocycles. The summed E-state index contributed by atoms with van der Waals surface area (Å²) in [6.07, 6.45) is 0. The molecule has 0 spiro atoms. The van der Waals surface area contributed by atoms with Crippen molar-refractivity contribution in [3.63, 3.8) is 0 Å². The summed E-state index contributed by atoms with van der Waals surface area (Å²) in [5.41, 5.74) is 1.29. The zero-order valence-corrected chi connectivity index (χ0v) is 9.99. The first-order chi connectivity index (χ1) is 9.13. The van der Waals surface area contributed by atoms with Crippen LogP contribution in [0.3, 0.4) is 0 Å². The molecule has 0 saturated heterocycles. The Hall–Kier alpha value is -2.43. The molecule has 0 fully saturated rings. The molecule has 0 aromatic heterocycles. The molecule has 0 unspecified atom stereocenters. The van der Waals surface area contributed by atoms with Gasteiger partial charge in [-0.3, -0.25) is 0 Å². The van der Waals surface area contributed by atoms with Crippen LogP contribution < -0.4 is 10.6 Å². The predicted molar refractivity (Wildman–Crippen MR) is 68.7 cm³/mol. The van der Waals surface area contributed by atoms with E-state index in [2.05, 4.69) is 10.6 Å². The first-order valence-corrected chi connectivity index (χ1v) is 5.68. The van der Waals surface area contributed by atoms with Gasteiger partial charge in [0.05, 0.1) is 0 Å². The summed E-state index contributed by atoms with van der Waals surface area (Å²) in [5, 5.41) is 5.18. The summed E-state index contributed by atoms with van der Waals surface area (Å²) < 4.78 is 25.3. The molecule has 2 rings (SSSR count). The van der Waals surface area contributed by atoms with Crippen LogP contribution in [-0.4, -0.2) is 6.03 Å². The molecular weight excluding hydrogens is 250 g/mol. The highest BCUT2D eigenvalue weighted by Gasteiger charge is 2.02. The number of benzene rings is 2. The minimum atomic E-state index is -0.407. The molecule has 2 aromatic carbocycles. The summed E-state index contributed by atoms with van der Waals surface area (Å²) in [6.45, 7) is 0.285. The standard InChI is InChI=1S/C14H12F2N2O/c15-11-3-1-10(2-4-11)9-17-14(19)18-13-7-5-12(16)6-8-13/h1-8H,9H2,(H2,17,18,19). The molecule has 0 bridgehead atoms. The van der Waals surface area contributed by atoms with Crippen LogP contribution in [0.25, 0.3) is 0 Å². The third kappa shape index (κ3) is 4.06. The Kier molecular flexibility index (Phi) is 4.07. The van der Waals surface area contributed by atoms with E-state index >= 15 is 0 Å². The number of nitrogens with one attached hydrogen (secondary N) is 2. The molecule has 0 atom stereocenters. The Balaban J connectivity index is 1.84. The monoisotopic (exact) mass is 262 g/mol. The molecule has 0 aliphatic rings. The Bertz CT molecular complexity index is 553. The van der Waals surface area contributed by atoms with Gasteiger partial charge in [-0.05, 0) is 42.0 Å². The van der Waals surface area contributed by atoms with Gasteiger partial charge in [0.1, 0.15) is 11.6 Å². The van der Waals surface area contributed by atoms with Crippen LogP contribution in [0, 0.1) is 11.6 Å². The van der Waals surface area contributed by atoms with E-state index in [0.717, 1.165) is 5.56 Å². The number of carbonyl (C=O) groups is 1. The summed E-state index contributed by atoms with van der Waals surface area (Å²) >= 11 is 0. The largest absolute Gasteiger partial charge is 0.334 e. The maximum atomic E-state index is 12.7. The fourth-order valence-corrected chi connectivity index (χ4v) is 1.49.